The van der Waals surface area contributed by atoms with E-state index in [0.29, 0.717) is 18.8 Å². The highest BCUT2D eigenvalue weighted by Crippen LogP contribution is 2.22. The molecular weight excluding hydrogens is 300 g/mol. The van der Waals surface area contributed by atoms with Crippen LogP contribution in [0.3, 0.4) is 0 Å². The van der Waals surface area contributed by atoms with Crippen LogP contribution in [0.5, 0.6) is 5.75 Å². The molecule has 0 bridgehead atoms. The van der Waals surface area contributed by atoms with Gasteiger partial charge in [0.15, 0.2) is 0 Å². The quantitative estimate of drug-likeness (QED) is 0.742. The molecule has 0 aliphatic carbocycles. The molecule has 4 nitrogen and oxygen atoms in total. The lowest BCUT2D eigenvalue weighted by molar-refractivity contribution is 0.0769. The van der Waals surface area contributed by atoms with Crippen molar-refractivity contribution in [3.63, 3.8) is 0 Å². The van der Waals surface area contributed by atoms with E-state index in [2.05, 4.69) is 4.98 Å². The minimum absolute atomic E-state index is 0.0223. The van der Waals surface area contributed by atoms with Gasteiger partial charge in [-0.2, -0.15) is 0 Å². The number of likely N-dealkylation sites (tertiary alicyclic amines) is 1. The van der Waals surface area contributed by atoms with E-state index in [4.69, 9.17) is 4.74 Å². The van der Waals surface area contributed by atoms with Crippen molar-refractivity contribution in [3.05, 3.63) is 72.6 Å². The van der Waals surface area contributed by atoms with Crippen molar-refractivity contribution in [1.82, 2.24) is 9.88 Å². The number of carbonyl (C=O) groups excluding carboxylic acids is 1. The normalized spacial score (nSPS) is 17.2. The number of ether oxygens (including phenoxy) is 1. The lowest BCUT2D eigenvalue weighted by atomic mass is 10.1. The van der Waals surface area contributed by atoms with Crippen molar-refractivity contribution in [2.75, 3.05) is 13.1 Å². The van der Waals surface area contributed by atoms with Crippen LogP contribution < -0.4 is 4.74 Å². The second-order valence-electron chi connectivity index (χ2n) is 5.97. The van der Waals surface area contributed by atoms with Gasteiger partial charge in [0, 0.05) is 24.5 Å². The number of hydrogen-bond acceptors (Lipinski definition) is 3. The summed E-state index contributed by atoms with van der Waals surface area (Å²) in [4.78, 5) is 19.0. The number of benzene rings is 2. The molecule has 4 heteroatoms. The Hall–Kier alpha value is -2.88. The monoisotopic (exact) mass is 318 g/mol. The first-order valence-electron chi connectivity index (χ1n) is 8.16. The standard InChI is InChI=1S/C20H18N2O2/c23-20(19-18-9-5-4-6-15(18)10-12-21-19)22-13-11-17(14-22)24-16-7-2-1-3-8-16/h1-10,12,17H,11,13-14H2. The first-order chi connectivity index (χ1) is 11.8. The third-order valence-electron chi connectivity index (χ3n) is 4.35. The summed E-state index contributed by atoms with van der Waals surface area (Å²) in [5.74, 6) is 0.825. The SMILES string of the molecule is O=C(c1nccc2ccccc12)N1CCC(Oc2ccccc2)C1. The van der Waals surface area contributed by atoms with Crippen molar-refractivity contribution in [1.29, 1.82) is 0 Å². The number of nitrogens with zero attached hydrogens (tertiary/aromatic N) is 2. The Kier molecular flexibility index (Phi) is 3.87. The number of fused-ring (bicyclic) bond motifs is 1. The first-order valence-corrected chi connectivity index (χ1v) is 8.16. The highest BCUT2D eigenvalue weighted by molar-refractivity contribution is 6.05. The van der Waals surface area contributed by atoms with Crippen molar-refractivity contribution in [3.8, 4) is 5.75 Å². The number of aromatic nitrogens is 1. The van der Waals surface area contributed by atoms with Gasteiger partial charge in [-0.15, -0.1) is 0 Å². The predicted molar refractivity (Wildman–Crippen MR) is 93.1 cm³/mol. The van der Waals surface area contributed by atoms with Crippen molar-refractivity contribution in [2.24, 2.45) is 0 Å². The smallest absolute Gasteiger partial charge is 0.273 e. The topological polar surface area (TPSA) is 42.4 Å². The lowest BCUT2D eigenvalue weighted by Gasteiger charge is -2.17. The van der Waals surface area contributed by atoms with Crippen LogP contribution in [-0.4, -0.2) is 35.0 Å². The minimum Gasteiger partial charge on any atom is -0.489 e. The van der Waals surface area contributed by atoms with Crippen LogP contribution in [0.4, 0.5) is 0 Å². The first kappa shape index (κ1) is 14.7. The van der Waals surface area contributed by atoms with Gasteiger partial charge >= 0.3 is 0 Å². The molecule has 0 radical (unpaired) electrons. The van der Waals surface area contributed by atoms with Gasteiger partial charge in [-0.1, -0.05) is 42.5 Å². The Labute approximate surface area is 140 Å². The summed E-state index contributed by atoms with van der Waals surface area (Å²) in [6.45, 7) is 1.29. The largest absolute Gasteiger partial charge is 0.489 e. The van der Waals surface area contributed by atoms with Crippen LogP contribution in [0.25, 0.3) is 10.8 Å². The van der Waals surface area contributed by atoms with E-state index in [9.17, 15) is 4.79 Å². The molecule has 1 aromatic heterocycles. The Morgan fingerprint density at radius 2 is 1.83 bits per heavy atom. The molecular formula is C20H18N2O2. The molecule has 2 aromatic carbocycles. The summed E-state index contributed by atoms with van der Waals surface area (Å²) in [6, 6.07) is 19.5. The van der Waals surface area contributed by atoms with Crippen molar-refractivity contribution < 1.29 is 9.53 Å². The molecule has 1 saturated heterocycles. The summed E-state index contributed by atoms with van der Waals surface area (Å²) in [7, 11) is 0. The molecule has 1 aliphatic heterocycles. The molecule has 4 rings (SSSR count). The van der Waals surface area contributed by atoms with Crippen LogP contribution >= 0.6 is 0 Å². The highest BCUT2D eigenvalue weighted by Gasteiger charge is 2.29. The zero-order chi connectivity index (χ0) is 16.4. The maximum atomic E-state index is 12.9. The van der Waals surface area contributed by atoms with Crippen molar-refractivity contribution >= 4 is 16.7 Å². The van der Waals surface area contributed by atoms with Gasteiger partial charge in [0.1, 0.15) is 17.5 Å². The van der Waals surface area contributed by atoms with E-state index in [1.165, 1.54) is 0 Å². The fourth-order valence-electron chi connectivity index (χ4n) is 3.14. The van der Waals surface area contributed by atoms with Crippen LogP contribution in [0.2, 0.25) is 0 Å². The van der Waals surface area contributed by atoms with Gasteiger partial charge in [0.05, 0.1) is 6.54 Å². The summed E-state index contributed by atoms with van der Waals surface area (Å²) in [5, 5.41) is 1.93. The van der Waals surface area contributed by atoms with E-state index in [1.807, 2.05) is 65.6 Å². The molecule has 1 unspecified atom stereocenters. The van der Waals surface area contributed by atoms with Crippen LogP contribution in [-0.2, 0) is 0 Å². The average molecular weight is 318 g/mol. The van der Waals surface area contributed by atoms with Crippen LogP contribution in [0.15, 0.2) is 66.9 Å². The number of amides is 1. The lowest BCUT2D eigenvalue weighted by Crippen LogP contribution is -2.31. The molecule has 24 heavy (non-hydrogen) atoms. The Morgan fingerprint density at radius 3 is 2.71 bits per heavy atom. The summed E-state index contributed by atoms with van der Waals surface area (Å²) < 4.78 is 5.96. The number of rotatable bonds is 3. The molecule has 1 aliphatic rings. The van der Waals surface area contributed by atoms with Gasteiger partial charge in [0.2, 0.25) is 0 Å². The fraction of sp³-hybridized carbons (Fsp3) is 0.200. The fourth-order valence-corrected chi connectivity index (χ4v) is 3.14. The number of para-hydroxylation sites is 1. The molecule has 1 atom stereocenters. The number of carbonyl (C=O) groups is 1. The van der Waals surface area contributed by atoms with Gasteiger partial charge < -0.3 is 9.64 Å². The second kappa shape index (κ2) is 6.32. The molecule has 3 aromatic rings. The zero-order valence-electron chi connectivity index (χ0n) is 13.3. The van der Waals surface area contributed by atoms with Gasteiger partial charge in [-0.05, 0) is 23.6 Å². The summed E-state index contributed by atoms with van der Waals surface area (Å²) >= 11 is 0. The maximum absolute atomic E-state index is 12.9. The zero-order valence-corrected chi connectivity index (χ0v) is 13.3. The number of pyridine rings is 1. The molecule has 0 saturated carbocycles. The Balaban J connectivity index is 1.51. The molecule has 2 heterocycles. The van der Waals surface area contributed by atoms with Gasteiger partial charge in [0.25, 0.3) is 5.91 Å². The van der Waals surface area contributed by atoms with Gasteiger partial charge in [-0.3, -0.25) is 9.78 Å². The third-order valence-corrected chi connectivity index (χ3v) is 4.35. The molecule has 0 N–H and O–H groups in total. The minimum atomic E-state index is -0.0223. The average Bonchev–Trinajstić information content (AvgIpc) is 3.10. The molecule has 120 valence electrons. The molecule has 0 spiro atoms. The molecule has 1 amide bonds. The Bertz CT molecular complexity index is 858. The van der Waals surface area contributed by atoms with Crippen LogP contribution in [0.1, 0.15) is 16.9 Å². The van der Waals surface area contributed by atoms with E-state index in [1.54, 1.807) is 6.20 Å². The van der Waals surface area contributed by atoms with E-state index in [0.717, 1.165) is 22.9 Å². The summed E-state index contributed by atoms with van der Waals surface area (Å²) in [6.07, 6.45) is 2.57. The van der Waals surface area contributed by atoms with E-state index >= 15 is 0 Å². The Morgan fingerprint density at radius 1 is 1.04 bits per heavy atom. The highest BCUT2D eigenvalue weighted by atomic mass is 16.5. The summed E-state index contributed by atoms with van der Waals surface area (Å²) in [5.41, 5.74) is 0.522. The third kappa shape index (κ3) is 2.83. The predicted octanol–water partition coefficient (Wildman–Crippen LogP) is 3.53. The van der Waals surface area contributed by atoms with E-state index < -0.39 is 0 Å². The second-order valence-corrected chi connectivity index (χ2v) is 5.97. The van der Waals surface area contributed by atoms with Gasteiger partial charge in [-0.25, -0.2) is 0 Å². The van der Waals surface area contributed by atoms with Crippen molar-refractivity contribution in [2.45, 2.75) is 12.5 Å². The van der Waals surface area contributed by atoms with E-state index in [-0.39, 0.29) is 12.0 Å². The van der Waals surface area contributed by atoms with Crippen LogP contribution in [0, 0.1) is 0 Å². The maximum Gasteiger partial charge on any atom is 0.273 e. The molecule has 1 fully saturated rings. The number of hydrogen-bond donors (Lipinski definition) is 0.